The number of aryl methyl sites for hydroxylation is 1. The van der Waals surface area contributed by atoms with Crippen molar-refractivity contribution in [3.63, 3.8) is 0 Å². The van der Waals surface area contributed by atoms with Crippen molar-refractivity contribution in [1.29, 1.82) is 0 Å². The number of aromatic nitrogens is 1. The fraction of sp³-hybridized carbons (Fsp3) is 0.500. The normalized spacial score (nSPS) is 11.0. The standard InChI is InChI=1S/C20H26ClNO5/c1-2-3-4-5-6-7-10-27-16-12-13(21)11-15-18(16)14(8-9-17(23)24)19(22-15)20(25)26/h11-12,22H,2-10H2,1H3,(H,23,24)(H,25,26). The number of benzene rings is 1. The number of aliphatic carboxylic acids is 1. The minimum atomic E-state index is -1.13. The van der Waals surface area contributed by atoms with Crippen molar-refractivity contribution in [3.8, 4) is 5.75 Å². The van der Waals surface area contributed by atoms with Crippen molar-refractivity contribution in [3.05, 3.63) is 28.4 Å². The summed E-state index contributed by atoms with van der Waals surface area (Å²) in [6, 6.07) is 3.29. The van der Waals surface area contributed by atoms with Crippen LogP contribution in [0.2, 0.25) is 5.02 Å². The molecule has 0 unspecified atom stereocenters. The molecule has 7 heteroatoms. The number of hydrogen-bond donors (Lipinski definition) is 3. The van der Waals surface area contributed by atoms with E-state index in [2.05, 4.69) is 11.9 Å². The fourth-order valence-corrected chi connectivity index (χ4v) is 3.38. The number of aromatic amines is 1. The number of ether oxygens (including phenoxy) is 1. The highest BCUT2D eigenvalue weighted by Crippen LogP contribution is 2.35. The van der Waals surface area contributed by atoms with E-state index in [1.807, 2.05) is 0 Å². The average Bonchev–Trinajstić information content (AvgIpc) is 2.97. The van der Waals surface area contributed by atoms with Gasteiger partial charge in [-0.2, -0.15) is 0 Å². The smallest absolute Gasteiger partial charge is 0.352 e. The summed E-state index contributed by atoms with van der Waals surface area (Å²) < 4.78 is 5.90. The highest BCUT2D eigenvalue weighted by atomic mass is 35.5. The molecule has 2 rings (SSSR count). The molecule has 2 aromatic rings. The molecule has 0 aliphatic rings. The van der Waals surface area contributed by atoms with Crippen LogP contribution < -0.4 is 4.74 Å². The molecule has 27 heavy (non-hydrogen) atoms. The monoisotopic (exact) mass is 395 g/mol. The van der Waals surface area contributed by atoms with Crippen LogP contribution in [-0.2, 0) is 11.2 Å². The topological polar surface area (TPSA) is 99.6 Å². The van der Waals surface area contributed by atoms with E-state index in [4.69, 9.17) is 21.4 Å². The van der Waals surface area contributed by atoms with Gasteiger partial charge in [0.2, 0.25) is 0 Å². The first-order valence-corrected chi connectivity index (χ1v) is 9.73. The van der Waals surface area contributed by atoms with E-state index < -0.39 is 11.9 Å². The van der Waals surface area contributed by atoms with E-state index in [9.17, 15) is 14.7 Å². The van der Waals surface area contributed by atoms with Crippen molar-refractivity contribution in [2.75, 3.05) is 6.61 Å². The van der Waals surface area contributed by atoms with Crippen LogP contribution >= 0.6 is 11.6 Å². The van der Waals surface area contributed by atoms with Crippen LogP contribution in [0.25, 0.3) is 10.9 Å². The largest absolute Gasteiger partial charge is 0.493 e. The molecule has 0 bridgehead atoms. The molecule has 0 saturated heterocycles. The minimum Gasteiger partial charge on any atom is -0.493 e. The zero-order valence-corrected chi connectivity index (χ0v) is 16.3. The molecule has 1 aromatic carbocycles. The summed E-state index contributed by atoms with van der Waals surface area (Å²) in [7, 11) is 0. The molecule has 148 valence electrons. The molecule has 6 nitrogen and oxygen atoms in total. The second kappa shape index (κ2) is 10.2. The quantitative estimate of drug-likeness (QED) is 0.425. The van der Waals surface area contributed by atoms with Gasteiger partial charge in [0.15, 0.2) is 0 Å². The predicted octanol–water partition coefficient (Wildman–Crippen LogP) is 5.28. The fourth-order valence-electron chi connectivity index (χ4n) is 3.17. The Hall–Kier alpha value is -2.21. The van der Waals surface area contributed by atoms with Gasteiger partial charge in [-0.05, 0) is 30.5 Å². The number of rotatable bonds is 12. The molecule has 0 fully saturated rings. The average molecular weight is 396 g/mol. The molecule has 1 heterocycles. The van der Waals surface area contributed by atoms with Crippen molar-refractivity contribution in [2.24, 2.45) is 0 Å². The zero-order valence-electron chi connectivity index (χ0n) is 15.5. The first-order valence-electron chi connectivity index (χ1n) is 9.36. The van der Waals surface area contributed by atoms with Crippen LogP contribution in [0.1, 0.15) is 67.9 Å². The Labute approximate surface area is 163 Å². The lowest BCUT2D eigenvalue weighted by Gasteiger charge is -2.10. The lowest BCUT2D eigenvalue weighted by atomic mass is 10.0. The van der Waals surface area contributed by atoms with E-state index in [1.165, 1.54) is 25.7 Å². The molecular formula is C20H26ClNO5. The van der Waals surface area contributed by atoms with Gasteiger partial charge in [0.25, 0.3) is 0 Å². The Balaban J connectivity index is 2.21. The summed E-state index contributed by atoms with van der Waals surface area (Å²) >= 11 is 6.15. The van der Waals surface area contributed by atoms with Gasteiger partial charge in [0.05, 0.1) is 12.1 Å². The maximum Gasteiger partial charge on any atom is 0.352 e. The van der Waals surface area contributed by atoms with Crippen LogP contribution in [0.5, 0.6) is 5.75 Å². The molecule has 0 spiro atoms. The number of aromatic carboxylic acids is 1. The SMILES string of the molecule is CCCCCCCCOc1cc(Cl)cc2[nH]c(C(=O)O)c(CCC(=O)O)c12. The molecule has 0 aliphatic heterocycles. The molecular weight excluding hydrogens is 370 g/mol. The van der Waals surface area contributed by atoms with Gasteiger partial charge in [-0.1, -0.05) is 50.6 Å². The van der Waals surface area contributed by atoms with E-state index in [0.717, 1.165) is 12.8 Å². The molecule has 0 amide bonds. The maximum absolute atomic E-state index is 11.6. The van der Waals surface area contributed by atoms with Crippen molar-refractivity contribution < 1.29 is 24.5 Å². The first kappa shape index (κ1) is 21.1. The Morgan fingerprint density at radius 3 is 2.48 bits per heavy atom. The third-order valence-electron chi connectivity index (χ3n) is 4.49. The molecule has 0 aliphatic carbocycles. The molecule has 0 saturated carbocycles. The van der Waals surface area contributed by atoms with E-state index >= 15 is 0 Å². The number of nitrogens with one attached hydrogen (secondary N) is 1. The number of carbonyl (C=O) groups is 2. The van der Waals surface area contributed by atoms with Gasteiger partial charge < -0.3 is 19.9 Å². The van der Waals surface area contributed by atoms with Crippen LogP contribution in [0.3, 0.4) is 0 Å². The van der Waals surface area contributed by atoms with Gasteiger partial charge >= 0.3 is 11.9 Å². The molecule has 0 radical (unpaired) electrons. The van der Waals surface area contributed by atoms with Crippen LogP contribution in [-0.4, -0.2) is 33.7 Å². The highest BCUT2D eigenvalue weighted by molar-refractivity contribution is 6.31. The second-order valence-electron chi connectivity index (χ2n) is 6.62. The molecule has 1 aromatic heterocycles. The number of fused-ring (bicyclic) bond motifs is 1. The number of carboxylic acids is 2. The van der Waals surface area contributed by atoms with E-state index in [1.54, 1.807) is 12.1 Å². The van der Waals surface area contributed by atoms with Gasteiger partial charge in [-0.15, -0.1) is 0 Å². The maximum atomic E-state index is 11.6. The number of hydrogen-bond acceptors (Lipinski definition) is 3. The lowest BCUT2D eigenvalue weighted by molar-refractivity contribution is -0.136. The molecule has 3 N–H and O–H groups in total. The second-order valence-corrected chi connectivity index (χ2v) is 7.06. The van der Waals surface area contributed by atoms with Crippen LogP contribution in [0, 0.1) is 0 Å². The van der Waals surface area contributed by atoms with Gasteiger partial charge in [0.1, 0.15) is 11.4 Å². The van der Waals surface area contributed by atoms with Crippen LogP contribution in [0.4, 0.5) is 0 Å². The number of H-pyrrole nitrogens is 1. The summed E-state index contributed by atoms with van der Waals surface area (Å²) in [5.74, 6) is -1.62. The van der Waals surface area contributed by atoms with Crippen LogP contribution in [0.15, 0.2) is 12.1 Å². The Morgan fingerprint density at radius 2 is 1.81 bits per heavy atom. The Bertz CT molecular complexity index is 799. The number of carboxylic acid groups (broad SMARTS) is 2. The number of halogens is 1. The van der Waals surface area contributed by atoms with Crippen molar-refractivity contribution in [1.82, 2.24) is 4.98 Å². The highest BCUT2D eigenvalue weighted by Gasteiger charge is 2.21. The zero-order chi connectivity index (χ0) is 19.8. The predicted molar refractivity (Wildman–Crippen MR) is 105 cm³/mol. The minimum absolute atomic E-state index is 0.0158. The van der Waals surface area contributed by atoms with Gasteiger partial charge in [-0.3, -0.25) is 4.79 Å². The Morgan fingerprint density at radius 1 is 1.11 bits per heavy atom. The lowest BCUT2D eigenvalue weighted by Crippen LogP contribution is -2.05. The summed E-state index contributed by atoms with van der Waals surface area (Å²) in [4.78, 5) is 25.4. The Kier molecular flexibility index (Phi) is 7.98. The van der Waals surface area contributed by atoms with E-state index in [-0.39, 0.29) is 18.5 Å². The third-order valence-corrected chi connectivity index (χ3v) is 4.71. The van der Waals surface area contributed by atoms with E-state index in [0.29, 0.717) is 33.8 Å². The van der Waals surface area contributed by atoms with Crippen molar-refractivity contribution >= 4 is 34.4 Å². The summed E-state index contributed by atoms with van der Waals surface area (Å²) in [5, 5.41) is 19.5. The van der Waals surface area contributed by atoms with Gasteiger partial charge in [-0.25, -0.2) is 4.79 Å². The molecule has 0 atom stereocenters. The first-order chi connectivity index (χ1) is 12.9. The summed E-state index contributed by atoms with van der Waals surface area (Å²) in [5.41, 5.74) is 0.964. The van der Waals surface area contributed by atoms with Gasteiger partial charge in [0, 0.05) is 16.8 Å². The third kappa shape index (κ3) is 5.89. The number of unbranched alkanes of at least 4 members (excludes halogenated alkanes) is 5. The summed E-state index contributed by atoms with van der Waals surface area (Å²) in [6.45, 7) is 2.69. The summed E-state index contributed by atoms with van der Waals surface area (Å²) in [6.07, 6.45) is 6.75. The van der Waals surface area contributed by atoms with Crippen molar-refractivity contribution in [2.45, 2.75) is 58.3 Å².